The molecule has 4 nitrogen and oxygen atoms in total. The van der Waals surface area contributed by atoms with Gasteiger partial charge in [0.2, 0.25) is 0 Å². The Kier molecular flexibility index (Phi) is 6.96. The Morgan fingerprint density at radius 1 is 1.38 bits per heavy atom. The summed E-state index contributed by atoms with van der Waals surface area (Å²) in [7, 11) is 0. The molecule has 0 fully saturated rings. The first kappa shape index (κ1) is 17.8. The Labute approximate surface area is 128 Å². The fraction of sp³-hybridized carbons (Fsp3) is 0.706. The summed E-state index contributed by atoms with van der Waals surface area (Å²) in [6, 6.07) is 1.96. The van der Waals surface area contributed by atoms with Gasteiger partial charge in [-0.25, -0.2) is 0 Å². The van der Waals surface area contributed by atoms with E-state index < -0.39 is 0 Å². The summed E-state index contributed by atoms with van der Waals surface area (Å²) < 4.78 is 2.15. The minimum Gasteiger partial charge on any atom is -0.396 e. The van der Waals surface area contributed by atoms with Gasteiger partial charge in [-0.3, -0.25) is 4.79 Å². The SMILES string of the molecule is CCn1c(C)cc(C(=O)NCC(CCO)CC(C)C)c1C. The van der Waals surface area contributed by atoms with Crippen molar-refractivity contribution in [2.75, 3.05) is 13.2 Å². The van der Waals surface area contributed by atoms with Crippen molar-refractivity contribution in [2.45, 2.75) is 54.0 Å². The Hall–Kier alpha value is -1.29. The van der Waals surface area contributed by atoms with Crippen LogP contribution in [0.15, 0.2) is 6.07 Å². The third-order valence-electron chi connectivity index (χ3n) is 4.03. The van der Waals surface area contributed by atoms with Crippen molar-refractivity contribution in [1.82, 2.24) is 9.88 Å². The number of nitrogens with zero attached hydrogens (tertiary/aromatic N) is 1. The standard InChI is InChI=1S/C17H30N2O2/c1-6-19-13(4)10-16(14(19)5)17(21)18-11-15(7-8-20)9-12(2)3/h10,12,15,20H,6-9,11H2,1-5H3,(H,18,21). The van der Waals surface area contributed by atoms with Gasteiger partial charge in [0.25, 0.3) is 5.91 Å². The van der Waals surface area contributed by atoms with E-state index in [1.54, 1.807) is 0 Å². The van der Waals surface area contributed by atoms with Crippen molar-refractivity contribution < 1.29 is 9.90 Å². The summed E-state index contributed by atoms with van der Waals surface area (Å²) in [5, 5.41) is 12.2. The van der Waals surface area contributed by atoms with Crippen LogP contribution in [0.4, 0.5) is 0 Å². The van der Waals surface area contributed by atoms with Gasteiger partial charge < -0.3 is 15.0 Å². The average Bonchev–Trinajstić information content (AvgIpc) is 2.70. The molecule has 1 amide bonds. The summed E-state index contributed by atoms with van der Waals surface area (Å²) in [5.41, 5.74) is 2.91. The van der Waals surface area contributed by atoms with E-state index in [2.05, 4.69) is 30.7 Å². The van der Waals surface area contributed by atoms with Crippen LogP contribution in [0.3, 0.4) is 0 Å². The zero-order valence-corrected chi connectivity index (χ0v) is 14.1. The average molecular weight is 294 g/mol. The minimum atomic E-state index is -0.00510. The molecule has 1 aromatic rings. The van der Waals surface area contributed by atoms with Crippen LogP contribution in [0, 0.1) is 25.7 Å². The highest BCUT2D eigenvalue weighted by Crippen LogP contribution is 2.17. The number of hydrogen-bond donors (Lipinski definition) is 2. The van der Waals surface area contributed by atoms with Crippen molar-refractivity contribution >= 4 is 5.91 Å². The van der Waals surface area contributed by atoms with Crippen LogP contribution >= 0.6 is 0 Å². The highest BCUT2D eigenvalue weighted by molar-refractivity contribution is 5.95. The van der Waals surface area contributed by atoms with Gasteiger partial charge in [-0.1, -0.05) is 13.8 Å². The summed E-state index contributed by atoms with van der Waals surface area (Å²) in [5.74, 6) is 0.909. The van der Waals surface area contributed by atoms with Crippen molar-refractivity contribution in [2.24, 2.45) is 11.8 Å². The van der Waals surface area contributed by atoms with E-state index in [1.165, 1.54) is 0 Å². The highest BCUT2D eigenvalue weighted by atomic mass is 16.3. The Morgan fingerprint density at radius 3 is 2.52 bits per heavy atom. The lowest BCUT2D eigenvalue weighted by Gasteiger charge is -2.18. The number of rotatable bonds is 8. The van der Waals surface area contributed by atoms with E-state index in [1.807, 2.05) is 19.9 Å². The zero-order valence-electron chi connectivity index (χ0n) is 14.1. The molecule has 1 atom stereocenters. The quantitative estimate of drug-likeness (QED) is 0.774. The summed E-state index contributed by atoms with van der Waals surface area (Å²) in [6.07, 6.45) is 1.77. The van der Waals surface area contributed by atoms with E-state index in [0.29, 0.717) is 18.4 Å². The van der Waals surface area contributed by atoms with Crippen molar-refractivity contribution in [3.63, 3.8) is 0 Å². The van der Waals surface area contributed by atoms with Crippen molar-refractivity contribution in [3.05, 3.63) is 23.0 Å². The number of carbonyl (C=O) groups excluding carboxylic acids is 1. The van der Waals surface area contributed by atoms with E-state index in [4.69, 9.17) is 5.11 Å². The molecule has 0 aliphatic rings. The Balaban J connectivity index is 2.68. The van der Waals surface area contributed by atoms with Gasteiger partial charge in [0.1, 0.15) is 0 Å². The summed E-state index contributed by atoms with van der Waals surface area (Å²) in [4.78, 5) is 12.4. The third kappa shape index (κ3) is 4.88. The molecule has 0 saturated carbocycles. The van der Waals surface area contributed by atoms with Gasteiger partial charge in [-0.05, 0) is 51.5 Å². The molecule has 4 heteroatoms. The van der Waals surface area contributed by atoms with Crippen molar-refractivity contribution in [3.8, 4) is 0 Å². The molecule has 0 aliphatic carbocycles. The number of aryl methyl sites for hydroxylation is 1. The second-order valence-corrected chi connectivity index (χ2v) is 6.25. The number of aromatic nitrogens is 1. The lowest BCUT2D eigenvalue weighted by Crippen LogP contribution is -2.30. The first-order valence-electron chi connectivity index (χ1n) is 7.96. The highest BCUT2D eigenvalue weighted by Gasteiger charge is 2.17. The molecule has 2 N–H and O–H groups in total. The number of hydrogen-bond acceptors (Lipinski definition) is 2. The summed E-state index contributed by atoms with van der Waals surface area (Å²) >= 11 is 0. The van der Waals surface area contributed by atoms with E-state index in [9.17, 15) is 4.79 Å². The van der Waals surface area contributed by atoms with Gasteiger partial charge in [0.05, 0.1) is 5.56 Å². The number of amides is 1. The molecule has 0 aromatic carbocycles. The minimum absolute atomic E-state index is 0.00510. The molecule has 1 unspecified atom stereocenters. The predicted octanol–water partition coefficient (Wildman–Crippen LogP) is 2.90. The van der Waals surface area contributed by atoms with Crippen LogP contribution in [0.25, 0.3) is 0 Å². The molecule has 120 valence electrons. The first-order chi connectivity index (χ1) is 9.90. The fourth-order valence-corrected chi connectivity index (χ4v) is 3.00. The smallest absolute Gasteiger partial charge is 0.253 e. The van der Waals surface area contributed by atoms with Gasteiger partial charge >= 0.3 is 0 Å². The number of aliphatic hydroxyl groups is 1. The normalized spacial score (nSPS) is 12.7. The Morgan fingerprint density at radius 2 is 2.05 bits per heavy atom. The van der Waals surface area contributed by atoms with Crippen LogP contribution in [-0.2, 0) is 6.54 Å². The molecule has 1 rings (SSSR count). The Bertz CT molecular complexity index is 464. The van der Waals surface area contributed by atoms with E-state index >= 15 is 0 Å². The fourth-order valence-electron chi connectivity index (χ4n) is 3.00. The molecule has 1 heterocycles. The molecular weight excluding hydrogens is 264 g/mol. The van der Waals surface area contributed by atoms with Gasteiger partial charge in [0, 0.05) is 31.1 Å². The number of aliphatic hydroxyl groups excluding tert-OH is 1. The largest absolute Gasteiger partial charge is 0.396 e. The number of nitrogens with one attached hydrogen (secondary N) is 1. The van der Waals surface area contributed by atoms with E-state index in [-0.39, 0.29) is 12.5 Å². The second-order valence-electron chi connectivity index (χ2n) is 6.25. The molecule has 0 aliphatic heterocycles. The summed E-state index contributed by atoms with van der Waals surface area (Å²) in [6.45, 7) is 12.1. The van der Waals surface area contributed by atoms with Crippen LogP contribution in [-0.4, -0.2) is 28.7 Å². The zero-order chi connectivity index (χ0) is 16.0. The predicted molar refractivity (Wildman–Crippen MR) is 86.6 cm³/mol. The van der Waals surface area contributed by atoms with Gasteiger partial charge in [0.15, 0.2) is 0 Å². The molecule has 0 bridgehead atoms. The molecular formula is C17H30N2O2. The third-order valence-corrected chi connectivity index (χ3v) is 4.03. The molecule has 0 radical (unpaired) electrons. The lowest BCUT2D eigenvalue weighted by molar-refractivity contribution is 0.0940. The van der Waals surface area contributed by atoms with Crippen LogP contribution in [0.1, 0.15) is 55.4 Å². The molecule has 0 saturated heterocycles. The topological polar surface area (TPSA) is 54.3 Å². The maximum Gasteiger partial charge on any atom is 0.253 e. The number of carbonyl (C=O) groups is 1. The maximum atomic E-state index is 12.4. The second kappa shape index (κ2) is 8.23. The molecule has 21 heavy (non-hydrogen) atoms. The van der Waals surface area contributed by atoms with Crippen LogP contribution in [0.2, 0.25) is 0 Å². The van der Waals surface area contributed by atoms with Crippen LogP contribution < -0.4 is 5.32 Å². The van der Waals surface area contributed by atoms with Gasteiger partial charge in [-0.2, -0.15) is 0 Å². The lowest BCUT2D eigenvalue weighted by atomic mass is 9.94. The monoisotopic (exact) mass is 294 g/mol. The molecule has 0 spiro atoms. The van der Waals surface area contributed by atoms with Crippen molar-refractivity contribution in [1.29, 1.82) is 0 Å². The molecule has 1 aromatic heterocycles. The maximum absolute atomic E-state index is 12.4. The van der Waals surface area contributed by atoms with Crippen LogP contribution in [0.5, 0.6) is 0 Å². The van der Waals surface area contributed by atoms with Gasteiger partial charge in [-0.15, -0.1) is 0 Å². The van der Waals surface area contributed by atoms with E-state index in [0.717, 1.165) is 36.3 Å². The first-order valence-corrected chi connectivity index (χ1v) is 7.96.